The molecule has 0 radical (unpaired) electrons. The Morgan fingerprint density at radius 3 is 2.59 bits per heavy atom. The number of aromatic nitrogens is 4. The van der Waals surface area contributed by atoms with Gasteiger partial charge in [-0.05, 0) is 24.6 Å². The molecule has 2 aromatic rings. The summed E-state index contributed by atoms with van der Waals surface area (Å²) in [6, 6.07) is 8.79. The number of benzene rings is 1. The molecule has 1 atom stereocenters. The van der Waals surface area contributed by atoms with Gasteiger partial charge in [0.15, 0.2) is 5.82 Å². The Labute approximate surface area is 101 Å². The lowest BCUT2D eigenvalue weighted by Crippen LogP contribution is -2.19. The third-order valence-electron chi connectivity index (χ3n) is 2.69. The topological polar surface area (TPSA) is 55.6 Å². The van der Waals surface area contributed by atoms with E-state index in [9.17, 15) is 0 Å². The van der Waals surface area contributed by atoms with Crippen LogP contribution in [-0.2, 0) is 13.6 Å². The minimum Gasteiger partial charge on any atom is -0.303 e. The summed E-state index contributed by atoms with van der Waals surface area (Å²) in [6.07, 6.45) is 0. The maximum Gasteiger partial charge on any atom is 0.188 e. The van der Waals surface area contributed by atoms with Crippen molar-refractivity contribution in [2.75, 3.05) is 0 Å². The second kappa shape index (κ2) is 5.05. The molecule has 1 unspecified atom stereocenters. The smallest absolute Gasteiger partial charge is 0.188 e. The predicted octanol–water partition coefficient (Wildman–Crippen LogP) is 1.37. The van der Waals surface area contributed by atoms with Crippen molar-refractivity contribution in [2.24, 2.45) is 7.05 Å². The fourth-order valence-electron chi connectivity index (χ4n) is 1.61. The van der Waals surface area contributed by atoms with Crippen LogP contribution < -0.4 is 5.32 Å². The fraction of sp³-hybridized carbons (Fsp3) is 0.417. The monoisotopic (exact) mass is 231 g/mol. The van der Waals surface area contributed by atoms with Gasteiger partial charge in [-0.3, -0.25) is 0 Å². The minimum absolute atomic E-state index is 0.277. The van der Waals surface area contributed by atoms with Crippen LogP contribution in [0.25, 0.3) is 0 Å². The molecular formula is C12H17N5. The Balaban J connectivity index is 1.93. The molecule has 0 bridgehead atoms. The number of aryl methyl sites for hydroxylation is 2. The van der Waals surface area contributed by atoms with Gasteiger partial charge in [-0.1, -0.05) is 29.8 Å². The summed E-state index contributed by atoms with van der Waals surface area (Å²) in [5.41, 5.74) is 2.54. The summed E-state index contributed by atoms with van der Waals surface area (Å²) in [5, 5.41) is 15.2. The van der Waals surface area contributed by atoms with Crippen LogP contribution in [0.4, 0.5) is 0 Å². The molecule has 0 aliphatic rings. The molecular weight excluding hydrogens is 214 g/mol. The average molecular weight is 231 g/mol. The average Bonchev–Trinajstić information content (AvgIpc) is 2.73. The van der Waals surface area contributed by atoms with Crippen molar-refractivity contribution in [2.45, 2.75) is 26.4 Å². The van der Waals surface area contributed by atoms with Crippen LogP contribution in [0.15, 0.2) is 24.3 Å². The van der Waals surface area contributed by atoms with E-state index in [0.717, 1.165) is 0 Å². The molecule has 1 aromatic carbocycles. The molecule has 5 nitrogen and oxygen atoms in total. The van der Waals surface area contributed by atoms with Gasteiger partial charge < -0.3 is 5.32 Å². The molecule has 1 aromatic heterocycles. The van der Waals surface area contributed by atoms with Gasteiger partial charge in [0, 0.05) is 6.04 Å². The van der Waals surface area contributed by atoms with Gasteiger partial charge in [0.05, 0.1) is 13.6 Å². The zero-order valence-electron chi connectivity index (χ0n) is 10.4. The highest BCUT2D eigenvalue weighted by Crippen LogP contribution is 2.13. The van der Waals surface area contributed by atoms with E-state index in [1.807, 2.05) is 0 Å². The van der Waals surface area contributed by atoms with Crippen LogP contribution >= 0.6 is 0 Å². The van der Waals surface area contributed by atoms with Crippen LogP contribution in [0.1, 0.15) is 29.9 Å². The molecule has 0 saturated carbocycles. The number of hydrogen-bond donors (Lipinski definition) is 1. The first-order valence-corrected chi connectivity index (χ1v) is 5.68. The maximum absolute atomic E-state index is 4.12. The first-order valence-electron chi connectivity index (χ1n) is 5.68. The van der Waals surface area contributed by atoms with Crippen LogP contribution in [0.5, 0.6) is 0 Å². The minimum atomic E-state index is 0.277. The van der Waals surface area contributed by atoms with E-state index in [4.69, 9.17) is 0 Å². The van der Waals surface area contributed by atoms with Crippen LogP contribution in [0, 0.1) is 6.92 Å². The summed E-state index contributed by atoms with van der Waals surface area (Å²) < 4.78 is 0. The van der Waals surface area contributed by atoms with Gasteiger partial charge in [0.25, 0.3) is 0 Å². The quantitative estimate of drug-likeness (QED) is 0.863. The van der Waals surface area contributed by atoms with Gasteiger partial charge in [0.1, 0.15) is 0 Å². The van der Waals surface area contributed by atoms with Gasteiger partial charge in [0.2, 0.25) is 0 Å². The van der Waals surface area contributed by atoms with Crippen LogP contribution in [0.2, 0.25) is 0 Å². The van der Waals surface area contributed by atoms with E-state index >= 15 is 0 Å². The standard InChI is InChI=1S/C12H17N5/c1-9-4-6-11(7-5-9)10(2)13-8-12-14-16-17(3)15-12/h4-7,10,13H,8H2,1-3H3. The molecule has 0 aliphatic carbocycles. The van der Waals surface area contributed by atoms with E-state index in [2.05, 4.69) is 58.8 Å². The molecule has 0 saturated heterocycles. The Bertz CT molecular complexity index is 474. The number of nitrogens with zero attached hydrogens (tertiary/aromatic N) is 4. The van der Waals surface area contributed by atoms with Gasteiger partial charge in [-0.15, -0.1) is 10.2 Å². The van der Waals surface area contributed by atoms with E-state index < -0.39 is 0 Å². The number of rotatable bonds is 4. The van der Waals surface area contributed by atoms with Crippen LogP contribution in [0.3, 0.4) is 0 Å². The Hall–Kier alpha value is -1.75. The van der Waals surface area contributed by atoms with Crippen molar-refractivity contribution in [1.29, 1.82) is 0 Å². The first kappa shape index (κ1) is 11.7. The molecule has 5 heteroatoms. The second-order valence-electron chi connectivity index (χ2n) is 4.21. The fourth-order valence-corrected chi connectivity index (χ4v) is 1.61. The molecule has 1 heterocycles. The zero-order chi connectivity index (χ0) is 12.3. The van der Waals surface area contributed by atoms with Crippen molar-refractivity contribution in [3.63, 3.8) is 0 Å². The summed E-state index contributed by atoms with van der Waals surface area (Å²) >= 11 is 0. The largest absolute Gasteiger partial charge is 0.303 e. The van der Waals surface area contributed by atoms with Gasteiger partial charge >= 0.3 is 0 Å². The lowest BCUT2D eigenvalue weighted by atomic mass is 10.1. The maximum atomic E-state index is 4.12. The SMILES string of the molecule is Cc1ccc(C(C)NCc2nnn(C)n2)cc1. The van der Waals surface area contributed by atoms with Gasteiger partial charge in [-0.2, -0.15) is 4.80 Å². The number of nitrogens with one attached hydrogen (secondary N) is 1. The van der Waals surface area contributed by atoms with Crippen molar-refractivity contribution in [3.05, 3.63) is 41.2 Å². The lowest BCUT2D eigenvalue weighted by Gasteiger charge is -2.12. The highest BCUT2D eigenvalue weighted by Gasteiger charge is 2.06. The van der Waals surface area contributed by atoms with E-state index in [0.29, 0.717) is 12.4 Å². The molecule has 0 spiro atoms. The van der Waals surface area contributed by atoms with E-state index in [-0.39, 0.29) is 6.04 Å². The molecule has 0 aliphatic heterocycles. The highest BCUT2D eigenvalue weighted by molar-refractivity contribution is 5.23. The van der Waals surface area contributed by atoms with Crippen molar-refractivity contribution < 1.29 is 0 Å². The number of tetrazole rings is 1. The molecule has 2 rings (SSSR count). The summed E-state index contributed by atoms with van der Waals surface area (Å²) in [5.74, 6) is 0.714. The zero-order valence-corrected chi connectivity index (χ0v) is 10.4. The van der Waals surface area contributed by atoms with Crippen molar-refractivity contribution in [1.82, 2.24) is 25.5 Å². The molecule has 0 fully saturated rings. The van der Waals surface area contributed by atoms with E-state index in [1.165, 1.54) is 15.9 Å². The first-order chi connectivity index (χ1) is 8.15. The molecule has 0 amide bonds. The Morgan fingerprint density at radius 1 is 1.29 bits per heavy atom. The molecule has 90 valence electrons. The third kappa shape index (κ3) is 3.10. The normalized spacial score (nSPS) is 12.6. The summed E-state index contributed by atoms with van der Waals surface area (Å²) in [6.45, 7) is 4.84. The third-order valence-corrected chi connectivity index (χ3v) is 2.69. The Kier molecular flexibility index (Phi) is 3.49. The number of hydrogen-bond acceptors (Lipinski definition) is 4. The lowest BCUT2D eigenvalue weighted by molar-refractivity contribution is 0.555. The Morgan fingerprint density at radius 2 is 2.00 bits per heavy atom. The van der Waals surface area contributed by atoms with Gasteiger partial charge in [-0.25, -0.2) is 0 Å². The summed E-state index contributed by atoms with van der Waals surface area (Å²) in [7, 11) is 1.76. The molecule has 1 N–H and O–H groups in total. The van der Waals surface area contributed by atoms with Crippen molar-refractivity contribution in [3.8, 4) is 0 Å². The van der Waals surface area contributed by atoms with E-state index in [1.54, 1.807) is 7.05 Å². The molecule has 17 heavy (non-hydrogen) atoms. The highest BCUT2D eigenvalue weighted by atomic mass is 15.6. The van der Waals surface area contributed by atoms with Crippen LogP contribution in [-0.4, -0.2) is 20.2 Å². The second-order valence-corrected chi connectivity index (χ2v) is 4.21. The predicted molar refractivity (Wildman–Crippen MR) is 65.2 cm³/mol. The van der Waals surface area contributed by atoms with Crippen molar-refractivity contribution >= 4 is 0 Å². The summed E-state index contributed by atoms with van der Waals surface area (Å²) in [4.78, 5) is 1.47.